The van der Waals surface area contributed by atoms with Crippen LogP contribution in [0.25, 0.3) is 0 Å². The van der Waals surface area contributed by atoms with Gasteiger partial charge in [-0.05, 0) is 13.8 Å². The second-order valence-corrected chi connectivity index (χ2v) is 7.43. The van der Waals surface area contributed by atoms with E-state index in [0.29, 0.717) is 6.54 Å². The maximum Gasteiger partial charge on any atom is 0.330 e. The highest BCUT2D eigenvalue weighted by molar-refractivity contribution is 8.06. The van der Waals surface area contributed by atoms with E-state index >= 15 is 0 Å². The molecule has 2 aliphatic heterocycles. The summed E-state index contributed by atoms with van der Waals surface area (Å²) in [6, 6.07) is -0.583. The summed E-state index contributed by atoms with van der Waals surface area (Å²) in [6.45, 7) is 3.48. The lowest BCUT2D eigenvalue weighted by molar-refractivity contribution is -0.148. The fourth-order valence-electron chi connectivity index (χ4n) is 1.86. The molecule has 0 aromatic rings. The van der Waals surface area contributed by atoms with Crippen molar-refractivity contribution in [2.45, 2.75) is 19.1 Å². The molecule has 2 heterocycles. The number of nitrogens with one attached hydrogen (secondary N) is 1. The Morgan fingerprint density at radius 1 is 1.33 bits per heavy atom. The normalized spacial score (nSPS) is 28.2. The minimum absolute atomic E-state index is 0.266. The monoisotopic (exact) mass is 288 g/mol. The van der Waals surface area contributed by atoms with E-state index in [0.717, 1.165) is 17.3 Å². The Balaban J connectivity index is 2.08. The Morgan fingerprint density at radius 2 is 2.06 bits per heavy atom. The highest BCUT2D eigenvalue weighted by atomic mass is 32.2. The molecule has 0 spiro atoms. The number of urea groups is 1. The van der Waals surface area contributed by atoms with Gasteiger partial charge in [0.2, 0.25) is 11.8 Å². The van der Waals surface area contributed by atoms with Gasteiger partial charge in [-0.3, -0.25) is 19.8 Å². The number of imide groups is 2. The minimum Gasteiger partial charge on any atom is -0.277 e. The molecule has 0 aromatic carbocycles. The van der Waals surface area contributed by atoms with Gasteiger partial charge in [0.25, 0.3) is 0 Å². The van der Waals surface area contributed by atoms with Crippen LogP contribution in [0.5, 0.6) is 0 Å². The Bertz CT molecular complexity index is 392. The van der Waals surface area contributed by atoms with E-state index in [2.05, 4.69) is 5.32 Å². The van der Waals surface area contributed by atoms with E-state index in [1.165, 1.54) is 4.90 Å². The minimum atomic E-state index is -1.15. The van der Waals surface area contributed by atoms with E-state index < -0.39 is 23.3 Å². The molecular formula is C11H16N2O3S2. The van der Waals surface area contributed by atoms with E-state index in [1.807, 2.05) is 11.8 Å². The van der Waals surface area contributed by atoms with Gasteiger partial charge in [-0.2, -0.15) is 23.5 Å². The maximum absolute atomic E-state index is 12.2. The average molecular weight is 288 g/mol. The molecule has 0 bridgehead atoms. The van der Waals surface area contributed by atoms with Gasteiger partial charge < -0.3 is 0 Å². The molecule has 0 aliphatic carbocycles. The highest BCUT2D eigenvalue weighted by Gasteiger charge is 2.47. The molecule has 100 valence electrons. The number of rotatable bonds is 2. The molecule has 4 amide bonds. The molecule has 7 heteroatoms. The molecule has 0 aromatic heterocycles. The summed E-state index contributed by atoms with van der Waals surface area (Å²) in [5, 5.41) is 2.52. The van der Waals surface area contributed by atoms with Crippen LogP contribution in [0, 0.1) is 5.41 Å². The largest absolute Gasteiger partial charge is 0.330 e. The van der Waals surface area contributed by atoms with Crippen LogP contribution in [-0.4, -0.2) is 51.8 Å². The first-order valence-corrected chi connectivity index (χ1v) is 8.00. The number of hydrogen-bond donors (Lipinski definition) is 1. The van der Waals surface area contributed by atoms with Gasteiger partial charge >= 0.3 is 6.03 Å². The third-order valence-corrected chi connectivity index (χ3v) is 5.91. The molecule has 0 radical (unpaired) electrons. The van der Waals surface area contributed by atoms with Crippen LogP contribution in [0.2, 0.25) is 0 Å². The first-order valence-electron chi connectivity index (χ1n) is 5.79. The number of amides is 4. The fourth-order valence-corrected chi connectivity index (χ4v) is 4.51. The molecule has 2 rings (SSSR count). The molecule has 2 aliphatic rings. The van der Waals surface area contributed by atoms with Crippen LogP contribution in [-0.2, 0) is 9.59 Å². The summed E-state index contributed by atoms with van der Waals surface area (Å²) in [6.07, 6.45) is 0. The Kier molecular flexibility index (Phi) is 3.91. The van der Waals surface area contributed by atoms with Gasteiger partial charge in [-0.25, -0.2) is 4.79 Å². The summed E-state index contributed by atoms with van der Waals surface area (Å²) < 4.78 is 0. The lowest BCUT2D eigenvalue weighted by atomic mass is 9.89. The van der Waals surface area contributed by atoms with Gasteiger partial charge in [0.1, 0.15) is 5.41 Å². The van der Waals surface area contributed by atoms with Crippen molar-refractivity contribution >= 4 is 41.4 Å². The lowest BCUT2D eigenvalue weighted by Gasteiger charge is -2.36. The number of nitrogens with zero attached hydrogens (tertiary/aromatic N) is 1. The predicted octanol–water partition coefficient (Wildman–Crippen LogP) is 0.940. The first kappa shape index (κ1) is 13.7. The third kappa shape index (κ3) is 2.51. The first-order chi connectivity index (χ1) is 8.43. The van der Waals surface area contributed by atoms with Crippen molar-refractivity contribution in [1.82, 2.24) is 10.2 Å². The van der Waals surface area contributed by atoms with Gasteiger partial charge in [-0.15, -0.1) is 0 Å². The van der Waals surface area contributed by atoms with Gasteiger partial charge in [0.05, 0.1) is 0 Å². The second-order valence-electron chi connectivity index (χ2n) is 4.87. The van der Waals surface area contributed by atoms with Gasteiger partial charge in [0.15, 0.2) is 0 Å². The van der Waals surface area contributed by atoms with Crippen molar-refractivity contribution in [1.29, 1.82) is 0 Å². The van der Waals surface area contributed by atoms with Crippen LogP contribution in [0.3, 0.4) is 0 Å². The number of carbonyl (C=O) groups is 3. The third-order valence-electron chi connectivity index (χ3n) is 3.08. The summed E-state index contributed by atoms with van der Waals surface area (Å²) in [5.74, 6) is 2.19. The average Bonchev–Trinajstić information content (AvgIpc) is 2.34. The standard InChI is InChI=1S/C11H16N2O3S2/c1-11(2)8(14)12-10(16)13(9(11)15)5-7-6-17-3-4-18-7/h7H,3-6H2,1-2H3,(H,12,14,16). The summed E-state index contributed by atoms with van der Waals surface area (Å²) in [7, 11) is 0. The summed E-state index contributed by atoms with van der Waals surface area (Å²) in [4.78, 5) is 36.7. The Labute approximate surface area is 114 Å². The smallest absolute Gasteiger partial charge is 0.277 e. The SMILES string of the molecule is CC1(C)C(=O)NC(=O)N(CC2CSCCS2)C1=O. The zero-order valence-corrected chi connectivity index (χ0v) is 12.0. The quantitative estimate of drug-likeness (QED) is 0.766. The number of hydrogen-bond acceptors (Lipinski definition) is 5. The van der Waals surface area contributed by atoms with Crippen molar-refractivity contribution in [2.24, 2.45) is 5.41 Å². The zero-order valence-electron chi connectivity index (χ0n) is 10.4. The predicted molar refractivity (Wildman–Crippen MR) is 72.6 cm³/mol. The van der Waals surface area contributed by atoms with Gasteiger partial charge in [0, 0.05) is 29.1 Å². The molecule has 18 heavy (non-hydrogen) atoms. The highest BCUT2D eigenvalue weighted by Crippen LogP contribution is 2.28. The molecule has 0 saturated carbocycles. The number of thioether (sulfide) groups is 2. The van der Waals surface area contributed by atoms with E-state index in [9.17, 15) is 14.4 Å². The summed E-state index contributed by atoms with van der Waals surface area (Å²) >= 11 is 3.62. The lowest BCUT2D eigenvalue weighted by Crippen LogP contribution is -2.63. The fraction of sp³-hybridized carbons (Fsp3) is 0.727. The van der Waals surface area contributed by atoms with Crippen molar-refractivity contribution in [3.63, 3.8) is 0 Å². The van der Waals surface area contributed by atoms with E-state index in [1.54, 1.807) is 25.6 Å². The number of carbonyl (C=O) groups excluding carboxylic acids is 3. The molecule has 2 fully saturated rings. The van der Waals surface area contributed by atoms with E-state index in [4.69, 9.17) is 0 Å². The van der Waals surface area contributed by atoms with Crippen molar-refractivity contribution in [3.8, 4) is 0 Å². The van der Waals surface area contributed by atoms with Crippen LogP contribution < -0.4 is 5.32 Å². The van der Waals surface area contributed by atoms with Crippen molar-refractivity contribution in [2.75, 3.05) is 23.8 Å². The molecular weight excluding hydrogens is 272 g/mol. The Morgan fingerprint density at radius 3 is 2.67 bits per heavy atom. The van der Waals surface area contributed by atoms with Crippen LogP contribution in [0.1, 0.15) is 13.8 Å². The van der Waals surface area contributed by atoms with Crippen molar-refractivity contribution < 1.29 is 14.4 Å². The molecule has 2 saturated heterocycles. The van der Waals surface area contributed by atoms with E-state index in [-0.39, 0.29) is 5.25 Å². The molecule has 1 atom stereocenters. The van der Waals surface area contributed by atoms with Crippen LogP contribution >= 0.6 is 23.5 Å². The van der Waals surface area contributed by atoms with Crippen molar-refractivity contribution in [3.05, 3.63) is 0 Å². The molecule has 1 unspecified atom stereocenters. The number of barbiturate groups is 1. The molecule has 5 nitrogen and oxygen atoms in total. The maximum atomic E-state index is 12.2. The van der Waals surface area contributed by atoms with Crippen LogP contribution in [0.4, 0.5) is 4.79 Å². The van der Waals surface area contributed by atoms with Gasteiger partial charge in [-0.1, -0.05) is 0 Å². The summed E-state index contributed by atoms with van der Waals surface area (Å²) in [5.41, 5.74) is -1.15. The second kappa shape index (κ2) is 5.13. The zero-order chi connectivity index (χ0) is 13.3. The molecule has 1 N–H and O–H groups in total. The van der Waals surface area contributed by atoms with Crippen LogP contribution in [0.15, 0.2) is 0 Å². The Hall–Kier alpha value is -0.690. The topological polar surface area (TPSA) is 66.5 Å².